The molecule has 0 spiro atoms. The van der Waals surface area contributed by atoms with Crippen LogP contribution in [0.3, 0.4) is 0 Å². The minimum Gasteiger partial charge on any atom is -0.396 e. The molecule has 5 heteroatoms. The Bertz CT molecular complexity index is 599. The lowest BCUT2D eigenvalue weighted by Gasteiger charge is -2.08. The van der Waals surface area contributed by atoms with E-state index in [0.717, 1.165) is 10.0 Å². The average Bonchev–Trinajstić information content (AvgIpc) is 2.35. The van der Waals surface area contributed by atoms with E-state index in [9.17, 15) is 4.79 Å². The lowest BCUT2D eigenvalue weighted by Crippen LogP contribution is -2.15. The highest BCUT2D eigenvalue weighted by Gasteiger charge is 2.12. The zero-order valence-corrected chi connectivity index (χ0v) is 11.4. The smallest absolute Gasteiger partial charge is 0.258 e. The van der Waals surface area contributed by atoms with Crippen LogP contribution in [0.4, 0.5) is 11.5 Å². The number of amides is 1. The van der Waals surface area contributed by atoms with Crippen molar-refractivity contribution < 1.29 is 4.79 Å². The van der Waals surface area contributed by atoms with Gasteiger partial charge in [-0.1, -0.05) is 11.6 Å². The van der Waals surface area contributed by atoms with E-state index in [1.807, 2.05) is 19.1 Å². The highest BCUT2D eigenvalue weighted by molar-refractivity contribution is 9.10. The fraction of sp³-hybridized carbons (Fsp3) is 0.0769. The monoisotopic (exact) mass is 305 g/mol. The Balaban J connectivity index is 2.28. The maximum absolute atomic E-state index is 12.1. The summed E-state index contributed by atoms with van der Waals surface area (Å²) in [6.07, 6.45) is 1.58. The molecular formula is C13H12BrN3O. The summed E-state index contributed by atoms with van der Waals surface area (Å²) in [7, 11) is 0. The molecule has 18 heavy (non-hydrogen) atoms. The van der Waals surface area contributed by atoms with Gasteiger partial charge < -0.3 is 11.1 Å². The van der Waals surface area contributed by atoms with Crippen molar-refractivity contribution >= 4 is 33.3 Å². The van der Waals surface area contributed by atoms with Gasteiger partial charge in [0, 0.05) is 10.7 Å². The van der Waals surface area contributed by atoms with E-state index in [0.29, 0.717) is 17.1 Å². The van der Waals surface area contributed by atoms with Crippen molar-refractivity contribution in [3.05, 3.63) is 52.1 Å². The third-order valence-electron chi connectivity index (χ3n) is 2.44. The number of nitrogens with zero attached hydrogens (tertiary/aromatic N) is 1. The van der Waals surface area contributed by atoms with Crippen molar-refractivity contribution in [1.82, 2.24) is 4.98 Å². The molecule has 1 heterocycles. The number of carbonyl (C=O) groups is 1. The van der Waals surface area contributed by atoms with Gasteiger partial charge in [0.25, 0.3) is 5.91 Å². The van der Waals surface area contributed by atoms with Crippen LogP contribution in [-0.4, -0.2) is 10.9 Å². The zero-order valence-electron chi connectivity index (χ0n) is 9.77. The van der Waals surface area contributed by atoms with Gasteiger partial charge in [-0.05, 0) is 47.1 Å². The molecule has 0 saturated heterocycles. The van der Waals surface area contributed by atoms with Gasteiger partial charge in [0.05, 0.1) is 11.3 Å². The molecule has 0 fully saturated rings. The molecule has 0 radical (unpaired) electrons. The Labute approximate surface area is 113 Å². The van der Waals surface area contributed by atoms with Gasteiger partial charge in [-0.3, -0.25) is 4.79 Å². The summed E-state index contributed by atoms with van der Waals surface area (Å²) < 4.78 is 0.736. The molecule has 1 aromatic carbocycles. The minimum absolute atomic E-state index is 0.240. The van der Waals surface area contributed by atoms with Crippen LogP contribution >= 0.6 is 15.9 Å². The number of pyridine rings is 1. The summed E-state index contributed by atoms with van der Waals surface area (Å²) in [4.78, 5) is 16.1. The summed E-state index contributed by atoms with van der Waals surface area (Å²) in [5, 5.41) is 2.69. The maximum Gasteiger partial charge on any atom is 0.258 e. The van der Waals surface area contributed by atoms with Gasteiger partial charge in [-0.25, -0.2) is 4.98 Å². The number of anilines is 2. The van der Waals surface area contributed by atoms with Crippen LogP contribution < -0.4 is 11.1 Å². The standard InChI is InChI=1S/C13H12BrN3O/c1-8-4-5-10(14)9(7-8)13(18)17-12-11(15)3-2-6-16-12/h2-7H,15H2,1H3,(H,16,17,18). The van der Waals surface area contributed by atoms with Crippen molar-refractivity contribution in [2.45, 2.75) is 6.92 Å². The number of hydrogen-bond donors (Lipinski definition) is 2. The highest BCUT2D eigenvalue weighted by Crippen LogP contribution is 2.20. The van der Waals surface area contributed by atoms with Gasteiger partial charge in [0.2, 0.25) is 0 Å². The molecule has 1 aromatic heterocycles. The lowest BCUT2D eigenvalue weighted by molar-refractivity contribution is 0.102. The molecule has 4 nitrogen and oxygen atoms in total. The van der Waals surface area contributed by atoms with Crippen LogP contribution in [-0.2, 0) is 0 Å². The normalized spacial score (nSPS) is 10.1. The third-order valence-corrected chi connectivity index (χ3v) is 3.13. The Kier molecular flexibility index (Phi) is 3.62. The van der Waals surface area contributed by atoms with E-state index in [4.69, 9.17) is 5.73 Å². The summed E-state index contributed by atoms with van der Waals surface area (Å²) in [5.74, 6) is 0.131. The van der Waals surface area contributed by atoms with E-state index in [1.54, 1.807) is 24.4 Å². The number of rotatable bonds is 2. The van der Waals surface area contributed by atoms with Gasteiger partial charge in [0.1, 0.15) is 0 Å². The van der Waals surface area contributed by atoms with E-state index >= 15 is 0 Å². The average molecular weight is 306 g/mol. The maximum atomic E-state index is 12.1. The number of nitrogen functional groups attached to an aromatic ring is 1. The summed E-state index contributed by atoms with van der Waals surface area (Å²) in [6.45, 7) is 1.93. The molecule has 3 N–H and O–H groups in total. The molecule has 0 unspecified atom stereocenters. The molecule has 0 bridgehead atoms. The number of benzene rings is 1. The number of aromatic nitrogens is 1. The number of nitrogens with two attached hydrogens (primary N) is 1. The summed E-state index contributed by atoms with van der Waals surface area (Å²) in [5.41, 5.74) is 7.73. The minimum atomic E-state index is -0.240. The van der Waals surface area contributed by atoms with Crippen LogP contribution in [0.5, 0.6) is 0 Å². The predicted molar refractivity (Wildman–Crippen MR) is 75.5 cm³/mol. The molecule has 0 aliphatic rings. The van der Waals surface area contributed by atoms with Gasteiger partial charge >= 0.3 is 0 Å². The predicted octanol–water partition coefficient (Wildman–Crippen LogP) is 2.99. The van der Waals surface area contributed by atoms with Crippen molar-refractivity contribution in [1.29, 1.82) is 0 Å². The molecule has 0 aliphatic heterocycles. The second-order valence-electron chi connectivity index (χ2n) is 3.88. The first-order chi connectivity index (χ1) is 8.58. The topological polar surface area (TPSA) is 68.0 Å². The number of nitrogens with one attached hydrogen (secondary N) is 1. The molecule has 2 rings (SSSR count). The lowest BCUT2D eigenvalue weighted by atomic mass is 10.1. The molecule has 0 saturated carbocycles. The first-order valence-corrected chi connectivity index (χ1v) is 6.15. The van der Waals surface area contributed by atoms with Crippen molar-refractivity contribution in [3.8, 4) is 0 Å². The van der Waals surface area contributed by atoms with Gasteiger partial charge in [-0.15, -0.1) is 0 Å². The SMILES string of the molecule is Cc1ccc(Br)c(C(=O)Nc2ncccc2N)c1. The number of carbonyl (C=O) groups excluding carboxylic acids is 1. The fourth-order valence-electron chi connectivity index (χ4n) is 1.51. The van der Waals surface area contributed by atoms with E-state index in [1.165, 1.54) is 0 Å². The van der Waals surface area contributed by atoms with Crippen LogP contribution in [0.1, 0.15) is 15.9 Å². The van der Waals surface area contributed by atoms with Gasteiger partial charge in [-0.2, -0.15) is 0 Å². The quantitative estimate of drug-likeness (QED) is 0.896. The Hall–Kier alpha value is -1.88. The first-order valence-electron chi connectivity index (χ1n) is 5.36. The van der Waals surface area contributed by atoms with Crippen molar-refractivity contribution in [2.24, 2.45) is 0 Å². The second-order valence-corrected chi connectivity index (χ2v) is 4.73. The third kappa shape index (κ3) is 2.68. The van der Waals surface area contributed by atoms with Crippen LogP contribution in [0.2, 0.25) is 0 Å². The van der Waals surface area contributed by atoms with E-state index in [2.05, 4.69) is 26.2 Å². The number of aryl methyl sites for hydroxylation is 1. The molecule has 2 aromatic rings. The Morgan fingerprint density at radius 1 is 1.39 bits per heavy atom. The van der Waals surface area contributed by atoms with Crippen molar-refractivity contribution in [2.75, 3.05) is 11.1 Å². The fourth-order valence-corrected chi connectivity index (χ4v) is 1.94. The molecule has 0 aliphatic carbocycles. The molecular weight excluding hydrogens is 294 g/mol. The van der Waals surface area contributed by atoms with E-state index in [-0.39, 0.29) is 5.91 Å². The largest absolute Gasteiger partial charge is 0.396 e. The van der Waals surface area contributed by atoms with E-state index < -0.39 is 0 Å². The zero-order chi connectivity index (χ0) is 13.1. The van der Waals surface area contributed by atoms with Gasteiger partial charge in [0.15, 0.2) is 5.82 Å². The summed E-state index contributed by atoms with van der Waals surface area (Å²) in [6, 6.07) is 8.97. The summed E-state index contributed by atoms with van der Waals surface area (Å²) >= 11 is 3.35. The molecule has 0 atom stereocenters. The van der Waals surface area contributed by atoms with Crippen LogP contribution in [0.15, 0.2) is 41.0 Å². The Morgan fingerprint density at radius 2 is 2.17 bits per heavy atom. The first kappa shape index (κ1) is 12.6. The van der Waals surface area contributed by atoms with Crippen molar-refractivity contribution in [3.63, 3.8) is 0 Å². The van der Waals surface area contributed by atoms with Crippen LogP contribution in [0, 0.1) is 6.92 Å². The highest BCUT2D eigenvalue weighted by atomic mass is 79.9. The Morgan fingerprint density at radius 3 is 2.89 bits per heavy atom. The second kappa shape index (κ2) is 5.18. The molecule has 92 valence electrons. The van der Waals surface area contributed by atoms with Crippen LogP contribution in [0.25, 0.3) is 0 Å². The number of hydrogen-bond acceptors (Lipinski definition) is 3. The number of halogens is 1. The molecule has 1 amide bonds.